The zero-order chi connectivity index (χ0) is 12.3. The molecule has 98 valence electrons. The van der Waals surface area contributed by atoms with Gasteiger partial charge in [0.2, 0.25) is 5.91 Å². The zero-order valence-corrected chi connectivity index (χ0v) is 10.5. The maximum atomic E-state index is 12.3. The first-order chi connectivity index (χ1) is 8.14. The second kappa shape index (κ2) is 5.36. The molecule has 0 bridgehead atoms. The molecule has 3 N–H and O–H groups in total. The molecule has 0 spiro atoms. The highest BCUT2D eigenvalue weighted by Gasteiger charge is 2.36. The Hall–Kier alpha value is -0.610. The zero-order valence-electron chi connectivity index (χ0n) is 10.5. The van der Waals surface area contributed by atoms with Gasteiger partial charge in [0.1, 0.15) is 0 Å². The van der Waals surface area contributed by atoms with Crippen molar-refractivity contribution in [3.63, 3.8) is 0 Å². The van der Waals surface area contributed by atoms with Gasteiger partial charge in [-0.2, -0.15) is 0 Å². The first-order valence-corrected chi connectivity index (χ1v) is 6.84. The monoisotopic (exact) mass is 240 g/mol. The fourth-order valence-corrected chi connectivity index (χ4v) is 2.98. The van der Waals surface area contributed by atoms with Crippen LogP contribution in [0.4, 0.5) is 0 Å². The van der Waals surface area contributed by atoms with Crippen LogP contribution in [0.15, 0.2) is 0 Å². The lowest BCUT2D eigenvalue weighted by molar-refractivity contribution is -0.137. The smallest absolute Gasteiger partial charge is 0.224 e. The number of hydrogen-bond donors (Lipinski definition) is 2. The Morgan fingerprint density at radius 3 is 2.41 bits per heavy atom. The first-order valence-electron chi connectivity index (χ1n) is 6.84. The van der Waals surface area contributed by atoms with E-state index in [1.165, 1.54) is 6.42 Å². The summed E-state index contributed by atoms with van der Waals surface area (Å²) in [7, 11) is 0. The highest BCUT2D eigenvalue weighted by Crippen LogP contribution is 2.32. The molecule has 4 nitrogen and oxygen atoms in total. The number of rotatable bonds is 5. The van der Waals surface area contributed by atoms with E-state index in [4.69, 9.17) is 10.8 Å². The van der Waals surface area contributed by atoms with Crippen LogP contribution in [0, 0.1) is 0 Å². The van der Waals surface area contributed by atoms with Crippen LogP contribution in [-0.4, -0.2) is 40.6 Å². The number of aliphatic hydroxyl groups excluding tert-OH is 1. The van der Waals surface area contributed by atoms with Crippen LogP contribution in [0.2, 0.25) is 0 Å². The summed E-state index contributed by atoms with van der Waals surface area (Å²) in [5, 5.41) is 9.05. The highest BCUT2D eigenvalue weighted by atomic mass is 16.3. The molecule has 2 saturated carbocycles. The van der Waals surface area contributed by atoms with E-state index in [1.807, 2.05) is 4.90 Å². The van der Waals surface area contributed by atoms with Crippen molar-refractivity contribution in [2.75, 3.05) is 13.2 Å². The molecular formula is C13H24N2O2. The van der Waals surface area contributed by atoms with Gasteiger partial charge in [0.25, 0.3) is 0 Å². The molecule has 2 aliphatic rings. The van der Waals surface area contributed by atoms with Crippen molar-refractivity contribution in [3.05, 3.63) is 0 Å². The van der Waals surface area contributed by atoms with E-state index < -0.39 is 0 Å². The van der Waals surface area contributed by atoms with E-state index in [2.05, 4.69) is 0 Å². The van der Waals surface area contributed by atoms with Crippen LogP contribution in [0.25, 0.3) is 0 Å². The number of amides is 1. The highest BCUT2D eigenvalue weighted by molar-refractivity contribution is 5.78. The fraction of sp³-hybridized carbons (Fsp3) is 0.923. The maximum Gasteiger partial charge on any atom is 0.224 e. The van der Waals surface area contributed by atoms with Crippen LogP contribution in [-0.2, 0) is 4.79 Å². The fourth-order valence-electron chi connectivity index (χ4n) is 2.98. The average molecular weight is 240 g/mol. The normalized spacial score (nSPS) is 23.4. The molecule has 0 heterocycles. The Kier molecular flexibility index (Phi) is 4.05. The Morgan fingerprint density at radius 2 is 1.94 bits per heavy atom. The number of carbonyl (C=O) groups excluding carboxylic acids is 1. The summed E-state index contributed by atoms with van der Waals surface area (Å²) in [5.41, 5.74) is 5.97. The van der Waals surface area contributed by atoms with Crippen molar-refractivity contribution in [2.45, 2.75) is 62.9 Å². The van der Waals surface area contributed by atoms with Crippen LogP contribution < -0.4 is 5.73 Å². The van der Waals surface area contributed by atoms with E-state index in [0.29, 0.717) is 19.0 Å². The van der Waals surface area contributed by atoms with Crippen molar-refractivity contribution in [3.8, 4) is 0 Å². The molecule has 4 heteroatoms. The molecule has 0 aromatic rings. The quantitative estimate of drug-likeness (QED) is 0.754. The van der Waals surface area contributed by atoms with Gasteiger partial charge in [-0.25, -0.2) is 0 Å². The van der Waals surface area contributed by atoms with Gasteiger partial charge < -0.3 is 15.7 Å². The SMILES string of the molecule is NC1(CC(=O)N(CCO)C2CCC2)CCCC1. The summed E-state index contributed by atoms with van der Waals surface area (Å²) in [5.74, 6) is 0.146. The minimum atomic E-state index is -0.269. The molecule has 2 rings (SSSR count). The molecule has 0 unspecified atom stereocenters. The molecule has 0 aliphatic heterocycles. The van der Waals surface area contributed by atoms with Gasteiger partial charge in [-0.05, 0) is 32.1 Å². The second-order valence-corrected chi connectivity index (χ2v) is 5.64. The van der Waals surface area contributed by atoms with E-state index in [1.54, 1.807) is 0 Å². The van der Waals surface area contributed by atoms with Crippen LogP contribution >= 0.6 is 0 Å². The van der Waals surface area contributed by atoms with E-state index in [0.717, 1.165) is 38.5 Å². The number of hydrogen-bond acceptors (Lipinski definition) is 3. The number of carbonyl (C=O) groups is 1. The molecule has 1 amide bonds. The van der Waals surface area contributed by atoms with Gasteiger partial charge in [-0.3, -0.25) is 4.79 Å². The molecule has 0 aromatic carbocycles. The Balaban J connectivity index is 1.91. The largest absolute Gasteiger partial charge is 0.395 e. The van der Waals surface area contributed by atoms with Crippen molar-refractivity contribution in [1.29, 1.82) is 0 Å². The third-order valence-corrected chi connectivity index (χ3v) is 4.28. The lowest BCUT2D eigenvalue weighted by Crippen LogP contribution is -2.50. The third-order valence-electron chi connectivity index (χ3n) is 4.28. The van der Waals surface area contributed by atoms with E-state index >= 15 is 0 Å². The average Bonchev–Trinajstić information content (AvgIpc) is 2.61. The summed E-state index contributed by atoms with van der Waals surface area (Å²) in [6.45, 7) is 0.527. The van der Waals surface area contributed by atoms with E-state index in [-0.39, 0.29) is 18.1 Å². The number of aliphatic hydroxyl groups is 1. The van der Waals surface area contributed by atoms with Crippen molar-refractivity contribution in [2.24, 2.45) is 5.73 Å². The molecular weight excluding hydrogens is 216 g/mol. The Labute approximate surface area is 103 Å². The molecule has 17 heavy (non-hydrogen) atoms. The third kappa shape index (κ3) is 2.99. The maximum absolute atomic E-state index is 12.3. The van der Waals surface area contributed by atoms with Crippen molar-refractivity contribution >= 4 is 5.91 Å². The molecule has 0 radical (unpaired) electrons. The van der Waals surface area contributed by atoms with Crippen LogP contribution in [0.1, 0.15) is 51.4 Å². The van der Waals surface area contributed by atoms with Gasteiger partial charge in [-0.15, -0.1) is 0 Å². The Morgan fingerprint density at radius 1 is 1.29 bits per heavy atom. The molecule has 0 saturated heterocycles. The number of nitrogens with two attached hydrogens (primary N) is 1. The Bertz CT molecular complexity index is 271. The topological polar surface area (TPSA) is 66.6 Å². The predicted molar refractivity (Wildman–Crippen MR) is 66.4 cm³/mol. The lowest BCUT2D eigenvalue weighted by atomic mass is 9.89. The minimum absolute atomic E-state index is 0.0554. The van der Waals surface area contributed by atoms with Crippen LogP contribution in [0.5, 0.6) is 0 Å². The molecule has 0 aromatic heterocycles. The van der Waals surface area contributed by atoms with Crippen LogP contribution in [0.3, 0.4) is 0 Å². The molecule has 2 aliphatic carbocycles. The standard InChI is InChI=1S/C13H24N2O2/c14-13(6-1-2-7-13)10-12(17)15(8-9-16)11-4-3-5-11/h11,16H,1-10,14H2. The van der Waals surface area contributed by atoms with Gasteiger partial charge >= 0.3 is 0 Å². The van der Waals surface area contributed by atoms with Gasteiger partial charge in [0.05, 0.1) is 6.61 Å². The first kappa shape index (κ1) is 12.8. The summed E-state index contributed by atoms with van der Waals surface area (Å²) in [4.78, 5) is 14.1. The summed E-state index contributed by atoms with van der Waals surface area (Å²) >= 11 is 0. The summed E-state index contributed by atoms with van der Waals surface area (Å²) < 4.78 is 0. The molecule has 2 fully saturated rings. The van der Waals surface area contributed by atoms with E-state index in [9.17, 15) is 4.79 Å². The lowest BCUT2D eigenvalue weighted by Gasteiger charge is -2.39. The van der Waals surface area contributed by atoms with Gasteiger partial charge in [-0.1, -0.05) is 12.8 Å². The van der Waals surface area contributed by atoms with Gasteiger partial charge in [0.15, 0.2) is 0 Å². The van der Waals surface area contributed by atoms with Gasteiger partial charge in [0, 0.05) is 24.5 Å². The minimum Gasteiger partial charge on any atom is -0.395 e. The second-order valence-electron chi connectivity index (χ2n) is 5.64. The predicted octanol–water partition coefficient (Wildman–Crippen LogP) is 1.02. The molecule has 0 atom stereocenters. The summed E-state index contributed by atoms with van der Waals surface area (Å²) in [6.07, 6.45) is 8.07. The van der Waals surface area contributed by atoms with Crippen molar-refractivity contribution < 1.29 is 9.90 Å². The van der Waals surface area contributed by atoms with Crippen molar-refractivity contribution in [1.82, 2.24) is 4.90 Å². The number of nitrogens with zero attached hydrogens (tertiary/aromatic N) is 1. The summed E-state index contributed by atoms with van der Waals surface area (Å²) in [6, 6.07) is 0.361.